The molecule has 1 atom stereocenters. The minimum Gasteiger partial charge on any atom is -0.357 e. The first-order valence-electron chi connectivity index (χ1n) is 10.2. The average Bonchev–Trinajstić information content (AvgIpc) is 2.67. The molecule has 5 N–H and O–H groups in total. The Kier molecular flexibility index (Phi) is 8.11. The van der Waals surface area contributed by atoms with Crippen LogP contribution in [-0.4, -0.2) is 54.7 Å². The van der Waals surface area contributed by atoms with Gasteiger partial charge in [0.1, 0.15) is 0 Å². The number of piperidine rings is 1. The third-order valence-electron chi connectivity index (χ3n) is 5.03. The number of carbonyl (C=O) groups is 1. The molecule has 156 valence electrons. The third-order valence-corrected chi connectivity index (χ3v) is 5.03. The molecule has 0 aromatic heterocycles. The van der Waals surface area contributed by atoms with Crippen molar-refractivity contribution in [2.75, 3.05) is 26.2 Å². The molecule has 2 rings (SSSR count). The second-order valence-electron chi connectivity index (χ2n) is 8.10. The van der Waals surface area contributed by atoms with E-state index in [4.69, 9.17) is 10.7 Å². The lowest BCUT2D eigenvalue weighted by atomic mass is 10.0. The van der Waals surface area contributed by atoms with Gasteiger partial charge in [0.25, 0.3) is 0 Å². The monoisotopic (exact) mass is 388 g/mol. The maximum Gasteiger partial charge on any atom is 0.314 e. The number of nitrogens with one attached hydrogen (secondary N) is 3. The highest BCUT2D eigenvalue weighted by Crippen LogP contribution is 2.16. The second kappa shape index (κ2) is 10.3. The first-order chi connectivity index (χ1) is 13.3. The number of primary amides is 1. The van der Waals surface area contributed by atoms with Crippen LogP contribution >= 0.6 is 0 Å². The van der Waals surface area contributed by atoms with Crippen molar-refractivity contribution < 1.29 is 4.79 Å². The molecule has 1 unspecified atom stereocenters. The number of hydrogen-bond donors (Lipinski definition) is 4. The van der Waals surface area contributed by atoms with E-state index in [9.17, 15) is 4.79 Å². The molecule has 0 radical (unpaired) electrons. The largest absolute Gasteiger partial charge is 0.357 e. The van der Waals surface area contributed by atoms with E-state index in [-0.39, 0.29) is 17.6 Å². The Hall–Kier alpha value is -2.28. The Labute approximate surface area is 169 Å². The standard InChI is InChI=1S/C21H36N6O/c1-5-23-20(25-18-11-13-27(14-12-18)19(22)28)24-15-21(3,4)26-16(2)17-9-7-6-8-10-17/h6-10,16,18,26H,5,11-15H2,1-4H3,(H2,22,28)(H2,23,24,25). The molecule has 1 aliphatic rings. The summed E-state index contributed by atoms with van der Waals surface area (Å²) in [5.41, 5.74) is 6.49. The number of aliphatic imine (C=N–C) groups is 1. The molecular formula is C21H36N6O. The summed E-state index contributed by atoms with van der Waals surface area (Å²) in [7, 11) is 0. The highest BCUT2D eigenvalue weighted by Gasteiger charge is 2.23. The topological polar surface area (TPSA) is 94.8 Å². The number of hydrogen-bond acceptors (Lipinski definition) is 3. The zero-order valence-corrected chi connectivity index (χ0v) is 17.7. The molecule has 1 aromatic rings. The molecule has 2 amide bonds. The third kappa shape index (κ3) is 7.03. The van der Waals surface area contributed by atoms with E-state index in [2.05, 4.69) is 67.9 Å². The number of likely N-dealkylation sites (tertiary alicyclic amines) is 1. The lowest BCUT2D eigenvalue weighted by Gasteiger charge is -2.32. The second-order valence-corrected chi connectivity index (χ2v) is 8.10. The van der Waals surface area contributed by atoms with Gasteiger partial charge in [-0.25, -0.2) is 4.79 Å². The summed E-state index contributed by atoms with van der Waals surface area (Å²) in [6, 6.07) is 10.7. The van der Waals surface area contributed by atoms with Crippen LogP contribution in [0.15, 0.2) is 35.3 Å². The maximum absolute atomic E-state index is 11.3. The van der Waals surface area contributed by atoms with Gasteiger partial charge >= 0.3 is 6.03 Å². The fourth-order valence-corrected chi connectivity index (χ4v) is 3.49. The summed E-state index contributed by atoms with van der Waals surface area (Å²) in [6.45, 7) is 11.4. The molecule has 1 aliphatic heterocycles. The molecule has 0 aliphatic carbocycles. The predicted octanol–water partition coefficient (Wildman–Crippen LogP) is 2.21. The Bertz CT molecular complexity index is 638. The first kappa shape index (κ1) is 22.0. The maximum atomic E-state index is 11.3. The molecule has 28 heavy (non-hydrogen) atoms. The fourth-order valence-electron chi connectivity index (χ4n) is 3.49. The normalized spacial score (nSPS) is 17.3. The van der Waals surface area contributed by atoms with Crippen molar-refractivity contribution in [3.8, 4) is 0 Å². The van der Waals surface area contributed by atoms with Crippen molar-refractivity contribution >= 4 is 12.0 Å². The van der Waals surface area contributed by atoms with Crippen LogP contribution in [-0.2, 0) is 0 Å². The van der Waals surface area contributed by atoms with Gasteiger partial charge in [-0.2, -0.15) is 0 Å². The minimum absolute atomic E-state index is 0.146. The predicted molar refractivity (Wildman–Crippen MR) is 115 cm³/mol. The molecular weight excluding hydrogens is 352 g/mol. The number of carbonyl (C=O) groups excluding carboxylic acids is 1. The van der Waals surface area contributed by atoms with Crippen molar-refractivity contribution in [1.29, 1.82) is 0 Å². The van der Waals surface area contributed by atoms with Gasteiger partial charge < -0.3 is 26.6 Å². The van der Waals surface area contributed by atoms with E-state index in [0.29, 0.717) is 25.7 Å². The van der Waals surface area contributed by atoms with Gasteiger partial charge in [0.05, 0.1) is 6.54 Å². The smallest absolute Gasteiger partial charge is 0.314 e. The van der Waals surface area contributed by atoms with E-state index in [1.54, 1.807) is 4.90 Å². The van der Waals surface area contributed by atoms with Crippen LogP contribution in [0.3, 0.4) is 0 Å². The molecule has 1 heterocycles. The lowest BCUT2D eigenvalue weighted by molar-refractivity contribution is 0.188. The fraction of sp³-hybridized carbons (Fsp3) is 0.619. The van der Waals surface area contributed by atoms with E-state index in [1.165, 1.54) is 5.56 Å². The molecule has 0 bridgehead atoms. The minimum atomic E-state index is -0.334. The zero-order chi connectivity index (χ0) is 20.6. The highest BCUT2D eigenvalue weighted by atomic mass is 16.2. The van der Waals surface area contributed by atoms with Crippen molar-refractivity contribution in [1.82, 2.24) is 20.9 Å². The van der Waals surface area contributed by atoms with Gasteiger partial charge in [-0.15, -0.1) is 0 Å². The van der Waals surface area contributed by atoms with Gasteiger partial charge in [-0.1, -0.05) is 30.3 Å². The average molecular weight is 389 g/mol. The highest BCUT2D eigenvalue weighted by molar-refractivity contribution is 5.80. The van der Waals surface area contributed by atoms with Crippen LogP contribution in [0.25, 0.3) is 0 Å². The van der Waals surface area contributed by atoms with Gasteiger partial charge in [-0.3, -0.25) is 4.99 Å². The lowest BCUT2D eigenvalue weighted by Crippen LogP contribution is -2.51. The molecule has 7 heteroatoms. The number of urea groups is 1. The van der Waals surface area contributed by atoms with Crippen molar-refractivity contribution in [3.63, 3.8) is 0 Å². The number of amides is 2. The number of benzene rings is 1. The summed E-state index contributed by atoms with van der Waals surface area (Å²) in [4.78, 5) is 17.8. The Morgan fingerprint density at radius 1 is 1.29 bits per heavy atom. The van der Waals surface area contributed by atoms with Gasteiger partial charge in [0, 0.05) is 37.3 Å². The summed E-state index contributed by atoms with van der Waals surface area (Å²) in [5, 5.41) is 10.5. The Morgan fingerprint density at radius 2 is 1.93 bits per heavy atom. The Balaban J connectivity index is 1.90. The number of rotatable bonds is 7. The summed E-state index contributed by atoms with van der Waals surface area (Å²) >= 11 is 0. The molecule has 1 aromatic carbocycles. The van der Waals surface area contributed by atoms with Crippen LogP contribution in [0, 0.1) is 0 Å². The van der Waals surface area contributed by atoms with Crippen molar-refractivity contribution in [2.45, 2.75) is 58.2 Å². The quantitative estimate of drug-likeness (QED) is 0.425. The van der Waals surface area contributed by atoms with Crippen LogP contribution < -0.4 is 21.7 Å². The van der Waals surface area contributed by atoms with Crippen molar-refractivity contribution in [2.24, 2.45) is 10.7 Å². The van der Waals surface area contributed by atoms with Crippen LogP contribution in [0.2, 0.25) is 0 Å². The first-order valence-corrected chi connectivity index (χ1v) is 10.2. The van der Waals surface area contributed by atoms with Crippen molar-refractivity contribution in [3.05, 3.63) is 35.9 Å². The SMILES string of the molecule is CCNC(=NCC(C)(C)NC(C)c1ccccc1)NC1CCN(C(N)=O)CC1. The van der Waals surface area contributed by atoms with E-state index >= 15 is 0 Å². The number of nitrogens with zero attached hydrogens (tertiary/aromatic N) is 2. The van der Waals surface area contributed by atoms with Gasteiger partial charge in [-0.05, 0) is 46.1 Å². The van der Waals surface area contributed by atoms with Gasteiger partial charge in [0.15, 0.2) is 5.96 Å². The Morgan fingerprint density at radius 3 is 2.50 bits per heavy atom. The molecule has 0 spiro atoms. The molecule has 0 saturated carbocycles. The molecule has 7 nitrogen and oxygen atoms in total. The summed E-state index contributed by atoms with van der Waals surface area (Å²) < 4.78 is 0. The van der Waals surface area contributed by atoms with Crippen LogP contribution in [0.5, 0.6) is 0 Å². The summed E-state index contributed by atoms with van der Waals surface area (Å²) in [5.74, 6) is 0.822. The molecule has 1 fully saturated rings. The van der Waals surface area contributed by atoms with Crippen LogP contribution in [0.1, 0.15) is 52.1 Å². The number of nitrogens with two attached hydrogens (primary N) is 1. The summed E-state index contributed by atoms with van der Waals surface area (Å²) in [6.07, 6.45) is 1.75. The van der Waals surface area contributed by atoms with E-state index in [0.717, 1.165) is 25.3 Å². The van der Waals surface area contributed by atoms with E-state index < -0.39 is 0 Å². The number of guanidine groups is 1. The van der Waals surface area contributed by atoms with E-state index in [1.807, 2.05) is 6.07 Å². The van der Waals surface area contributed by atoms with Crippen LogP contribution in [0.4, 0.5) is 4.79 Å². The zero-order valence-electron chi connectivity index (χ0n) is 17.7. The van der Waals surface area contributed by atoms with Gasteiger partial charge in [0.2, 0.25) is 0 Å². The molecule has 1 saturated heterocycles.